The molecular weight excluding hydrogens is 204 g/mol. The van der Waals surface area contributed by atoms with Gasteiger partial charge in [0.1, 0.15) is 6.61 Å². The zero-order valence-electron chi connectivity index (χ0n) is 9.14. The van der Waals surface area contributed by atoms with E-state index >= 15 is 0 Å². The molecule has 2 rings (SSSR count). The second-order valence-corrected chi connectivity index (χ2v) is 3.42. The minimum atomic E-state index is -0.00399. The second kappa shape index (κ2) is 4.86. The van der Waals surface area contributed by atoms with Crippen molar-refractivity contribution in [2.24, 2.45) is 0 Å². The van der Waals surface area contributed by atoms with E-state index in [-0.39, 0.29) is 13.2 Å². The van der Waals surface area contributed by atoms with Crippen molar-refractivity contribution >= 4 is 10.8 Å². The Balaban J connectivity index is 2.45. The normalized spacial score (nSPS) is 10.4. The molecule has 0 bridgehead atoms. The first kappa shape index (κ1) is 10.8. The van der Waals surface area contributed by atoms with Crippen LogP contribution in [0.3, 0.4) is 0 Å². The molecule has 2 aromatic carbocycles. The third-order valence-electron chi connectivity index (χ3n) is 2.38. The lowest BCUT2D eigenvalue weighted by Crippen LogP contribution is -2.02. The van der Waals surface area contributed by atoms with Gasteiger partial charge in [0.25, 0.3) is 0 Å². The molecule has 0 unspecified atom stereocenters. The van der Waals surface area contributed by atoms with E-state index in [4.69, 9.17) is 14.6 Å². The highest BCUT2D eigenvalue weighted by Crippen LogP contribution is 2.32. The predicted octanol–water partition coefficient (Wildman–Crippen LogP) is 2.22. The first-order chi connectivity index (χ1) is 7.85. The Morgan fingerprint density at radius 2 is 1.69 bits per heavy atom. The van der Waals surface area contributed by atoms with Gasteiger partial charge in [0, 0.05) is 0 Å². The molecule has 84 valence electrons. The molecule has 3 nitrogen and oxygen atoms in total. The van der Waals surface area contributed by atoms with Gasteiger partial charge in [-0.2, -0.15) is 0 Å². The predicted molar refractivity (Wildman–Crippen MR) is 63.1 cm³/mol. The van der Waals surface area contributed by atoms with Gasteiger partial charge in [-0.05, 0) is 22.9 Å². The summed E-state index contributed by atoms with van der Waals surface area (Å²) in [7, 11) is 1.61. The van der Waals surface area contributed by atoms with Gasteiger partial charge < -0.3 is 14.6 Å². The lowest BCUT2D eigenvalue weighted by Gasteiger charge is -2.11. The van der Waals surface area contributed by atoms with Crippen LogP contribution in [0.25, 0.3) is 10.8 Å². The number of aliphatic hydroxyl groups excluding tert-OH is 1. The molecule has 0 aliphatic rings. The zero-order chi connectivity index (χ0) is 11.4. The lowest BCUT2D eigenvalue weighted by molar-refractivity contribution is 0.196. The van der Waals surface area contributed by atoms with Gasteiger partial charge in [-0.1, -0.05) is 24.3 Å². The average Bonchev–Trinajstić information content (AvgIpc) is 2.35. The number of ether oxygens (including phenoxy) is 2. The Bertz CT molecular complexity index is 480. The monoisotopic (exact) mass is 218 g/mol. The third-order valence-corrected chi connectivity index (χ3v) is 2.38. The highest BCUT2D eigenvalue weighted by molar-refractivity contribution is 5.86. The van der Waals surface area contributed by atoms with E-state index < -0.39 is 0 Å². The van der Waals surface area contributed by atoms with Crippen LogP contribution < -0.4 is 9.47 Å². The standard InChI is InChI=1S/C13H14O3/c1-15-12-8-10-4-2-3-5-11(10)9-13(12)16-7-6-14/h2-5,8-9,14H,6-7H2,1H3. The molecule has 0 fully saturated rings. The van der Waals surface area contributed by atoms with Gasteiger partial charge in [0.2, 0.25) is 0 Å². The molecular formula is C13H14O3. The molecule has 0 spiro atoms. The minimum Gasteiger partial charge on any atom is -0.493 e. The number of aliphatic hydroxyl groups is 1. The lowest BCUT2D eigenvalue weighted by atomic mass is 10.1. The Hall–Kier alpha value is -1.74. The van der Waals surface area contributed by atoms with E-state index in [1.54, 1.807) is 7.11 Å². The summed E-state index contributed by atoms with van der Waals surface area (Å²) in [6, 6.07) is 11.8. The molecule has 1 N–H and O–H groups in total. The van der Waals surface area contributed by atoms with Crippen molar-refractivity contribution in [3.63, 3.8) is 0 Å². The SMILES string of the molecule is COc1cc2ccccc2cc1OCCO. The van der Waals surface area contributed by atoms with E-state index in [1.807, 2.05) is 36.4 Å². The molecule has 0 aliphatic carbocycles. The summed E-state index contributed by atoms with van der Waals surface area (Å²) < 4.78 is 10.7. The second-order valence-electron chi connectivity index (χ2n) is 3.42. The molecule has 3 heteroatoms. The molecule has 0 saturated carbocycles. The summed E-state index contributed by atoms with van der Waals surface area (Å²) in [6.45, 7) is 0.269. The molecule has 0 heterocycles. The third kappa shape index (κ3) is 2.09. The quantitative estimate of drug-likeness (QED) is 0.855. The van der Waals surface area contributed by atoms with Crippen LogP contribution in [-0.4, -0.2) is 25.4 Å². The van der Waals surface area contributed by atoms with E-state index in [9.17, 15) is 0 Å². The van der Waals surface area contributed by atoms with Crippen LogP contribution in [0.2, 0.25) is 0 Å². The van der Waals surface area contributed by atoms with Gasteiger partial charge >= 0.3 is 0 Å². The largest absolute Gasteiger partial charge is 0.493 e. The van der Waals surface area contributed by atoms with Crippen molar-refractivity contribution < 1.29 is 14.6 Å². The Morgan fingerprint density at radius 1 is 1.06 bits per heavy atom. The summed E-state index contributed by atoms with van der Waals surface area (Å²) >= 11 is 0. The maximum Gasteiger partial charge on any atom is 0.161 e. The van der Waals surface area contributed by atoms with Crippen molar-refractivity contribution in [2.45, 2.75) is 0 Å². The number of fused-ring (bicyclic) bond motifs is 1. The Morgan fingerprint density at radius 3 is 2.25 bits per heavy atom. The highest BCUT2D eigenvalue weighted by atomic mass is 16.5. The molecule has 2 aromatic rings. The number of hydrogen-bond donors (Lipinski definition) is 1. The molecule has 0 amide bonds. The van der Waals surface area contributed by atoms with E-state index in [0.29, 0.717) is 11.5 Å². The van der Waals surface area contributed by atoms with Gasteiger partial charge in [-0.3, -0.25) is 0 Å². The van der Waals surface area contributed by atoms with Crippen molar-refractivity contribution in [3.8, 4) is 11.5 Å². The molecule has 0 atom stereocenters. The van der Waals surface area contributed by atoms with Crippen LogP contribution >= 0.6 is 0 Å². The highest BCUT2D eigenvalue weighted by Gasteiger charge is 2.05. The number of rotatable bonds is 4. The topological polar surface area (TPSA) is 38.7 Å². The van der Waals surface area contributed by atoms with Crippen LogP contribution in [0, 0.1) is 0 Å². The van der Waals surface area contributed by atoms with Gasteiger partial charge in [-0.15, -0.1) is 0 Å². The van der Waals surface area contributed by atoms with E-state index in [2.05, 4.69) is 0 Å². The van der Waals surface area contributed by atoms with Crippen molar-refractivity contribution in [2.75, 3.05) is 20.3 Å². The maximum atomic E-state index is 8.74. The summed E-state index contributed by atoms with van der Waals surface area (Å²) in [5.74, 6) is 1.35. The molecule has 0 saturated heterocycles. The van der Waals surface area contributed by atoms with Crippen molar-refractivity contribution in [1.29, 1.82) is 0 Å². The summed E-state index contributed by atoms with van der Waals surface area (Å²) in [6.07, 6.45) is 0. The molecule has 16 heavy (non-hydrogen) atoms. The summed E-state index contributed by atoms with van der Waals surface area (Å²) in [5, 5.41) is 10.9. The van der Waals surface area contributed by atoms with Crippen LogP contribution in [0.4, 0.5) is 0 Å². The molecule has 0 aliphatic heterocycles. The van der Waals surface area contributed by atoms with Crippen LogP contribution in [0.15, 0.2) is 36.4 Å². The minimum absolute atomic E-state index is 0.00399. The van der Waals surface area contributed by atoms with Crippen LogP contribution in [0.1, 0.15) is 0 Å². The first-order valence-corrected chi connectivity index (χ1v) is 5.15. The molecule has 0 radical (unpaired) electrons. The Kier molecular flexibility index (Phi) is 3.27. The van der Waals surface area contributed by atoms with Crippen LogP contribution in [0.5, 0.6) is 11.5 Å². The smallest absolute Gasteiger partial charge is 0.161 e. The fourth-order valence-electron chi connectivity index (χ4n) is 1.63. The molecule has 0 aromatic heterocycles. The van der Waals surface area contributed by atoms with Crippen molar-refractivity contribution in [3.05, 3.63) is 36.4 Å². The Labute approximate surface area is 94.2 Å². The average molecular weight is 218 g/mol. The van der Waals surface area contributed by atoms with Gasteiger partial charge in [0.15, 0.2) is 11.5 Å². The first-order valence-electron chi connectivity index (χ1n) is 5.15. The van der Waals surface area contributed by atoms with Crippen molar-refractivity contribution in [1.82, 2.24) is 0 Å². The van der Waals surface area contributed by atoms with Crippen LogP contribution in [-0.2, 0) is 0 Å². The zero-order valence-corrected chi connectivity index (χ0v) is 9.14. The fourth-order valence-corrected chi connectivity index (χ4v) is 1.63. The number of benzene rings is 2. The van der Waals surface area contributed by atoms with Gasteiger partial charge in [-0.25, -0.2) is 0 Å². The van der Waals surface area contributed by atoms with Gasteiger partial charge in [0.05, 0.1) is 13.7 Å². The van der Waals surface area contributed by atoms with E-state index in [1.165, 1.54) is 0 Å². The summed E-state index contributed by atoms with van der Waals surface area (Å²) in [4.78, 5) is 0. The van der Waals surface area contributed by atoms with E-state index in [0.717, 1.165) is 10.8 Å². The summed E-state index contributed by atoms with van der Waals surface area (Å²) in [5.41, 5.74) is 0. The number of methoxy groups -OCH3 is 1. The number of hydrogen-bond acceptors (Lipinski definition) is 3. The maximum absolute atomic E-state index is 8.74. The fraction of sp³-hybridized carbons (Fsp3) is 0.231.